The largest absolute Gasteiger partial charge is 0.454 e. The van der Waals surface area contributed by atoms with Gasteiger partial charge in [0.15, 0.2) is 16.6 Å². The minimum atomic E-state index is -0.271. The van der Waals surface area contributed by atoms with E-state index in [1.165, 1.54) is 17.5 Å². The average molecular weight is 439 g/mol. The molecule has 0 aliphatic carbocycles. The van der Waals surface area contributed by atoms with Crippen molar-refractivity contribution in [2.75, 3.05) is 12.1 Å². The van der Waals surface area contributed by atoms with Gasteiger partial charge in [-0.1, -0.05) is 29.8 Å². The Morgan fingerprint density at radius 3 is 2.97 bits per heavy atom. The zero-order valence-corrected chi connectivity index (χ0v) is 17.1. The van der Waals surface area contributed by atoms with Crippen LogP contribution in [-0.2, 0) is 6.54 Å². The predicted octanol–water partition coefficient (Wildman–Crippen LogP) is 4.69. The number of rotatable bonds is 5. The number of hydrogen-bond donors (Lipinski definition) is 1. The van der Waals surface area contributed by atoms with Crippen LogP contribution >= 0.6 is 22.9 Å². The molecule has 3 heterocycles. The molecule has 9 heteroatoms. The summed E-state index contributed by atoms with van der Waals surface area (Å²) in [7, 11) is 0. The maximum atomic E-state index is 12.6. The fraction of sp³-hybridized carbons (Fsp3) is 0.0952. The molecule has 30 heavy (non-hydrogen) atoms. The number of thiazole rings is 1. The molecule has 1 N–H and O–H groups in total. The lowest BCUT2D eigenvalue weighted by molar-refractivity contribution is 0.102. The van der Waals surface area contributed by atoms with Gasteiger partial charge < -0.3 is 9.47 Å². The lowest BCUT2D eigenvalue weighted by atomic mass is 10.1. The van der Waals surface area contributed by atoms with Gasteiger partial charge in [0.05, 0.1) is 24.0 Å². The summed E-state index contributed by atoms with van der Waals surface area (Å²) in [6.45, 7) is 0.708. The van der Waals surface area contributed by atoms with E-state index in [0.717, 1.165) is 22.6 Å². The Labute approximate surface area is 180 Å². The number of nitrogens with one attached hydrogen (secondary N) is 1. The highest BCUT2D eigenvalue weighted by Gasteiger charge is 2.16. The first-order chi connectivity index (χ1) is 14.7. The summed E-state index contributed by atoms with van der Waals surface area (Å²) in [4.78, 5) is 17.1. The van der Waals surface area contributed by atoms with E-state index in [9.17, 15) is 4.79 Å². The molecule has 7 nitrogen and oxygen atoms in total. The summed E-state index contributed by atoms with van der Waals surface area (Å²) in [6, 6.07) is 13.2. The van der Waals surface area contributed by atoms with E-state index in [1.807, 2.05) is 47.8 Å². The van der Waals surface area contributed by atoms with Crippen LogP contribution in [0.15, 0.2) is 60.2 Å². The monoisotopic (exact) mass is 438 g/mol. The smallest absolute Gasteiger partial charge is 0.260 e. The molecule has 0 fully saturated rings. The van der Waals surface area contributed by atoms with Gasteiger partial charge in [-0.15, -0.1) is 11.3 Å². The maximum Gasteiger partial charge on any atom is 0.260 e. The molecule has 0 radical (unpaired) electrons. The van der Waals surface area contributed by atoms with E-state index in [1.54, 1.807) is 10.9 Å². The van der Waals surface area contributed by atoms with Crippen molar-refractivity contribution in [3.05, 3.63) is 76.4 Å². The number of halogens is 1. The van der Waals surface area contributed by atoms with Crippen molar-refractivity contribution in [2.24, 2.45) is 0 Å². The number of carbonyl (C=O) groups excluding carboxylic acids is 1. The van der Waals surface area contributed by atoms with E-state index < -0.39 is 0 Å². The van der Waals surface area contributed by atoms with E-state index in [4.69, 9.17) is 21.1 Å². The van der Waals surface area contributed by atoms with Crippen LogP contribution < -0.4 is 14.8 Å². The van der Waals surface area contributed by atoms with Gasteiger partial charge in [-0.25, -0.2) is 4.98 Å². The fourth-order valence-corrected chi connectivity index (χ4v) is 3.97. The molecule has 150 valence electrons. The lowest BCUT2D eigenvalue weighted by Gasteiger charge is -2.03. The van der Waals surface area contributed by atoms with Crippen LogP contribution in [0.1, 0.15) is 15.9 Å². The predicted molar refractivity (Wildman–Crippen MR) is 114 cm³/mol. The van der Waals surface area contributed by atoms with Gasteiger partial charge in [0.1, 0.15) is 0 Å². The SMILES string of the molecule is O=C(Nc1nc(-c2ccc3c(c2)OCO3)cs1)c1cnn(Cc2ccccc2Cl)c1. The fourth-order valence-electron chi connectivity index (χ4n) is 3.06. The Kier molecular flexibility index (Phi) is 4.86. The van der Waals surface area contributed by atoms with Crippen molar-refractivity contribution in [1.82, 2.24) is 14.8 Å². The standard InChI is InChI=1S/C21H15ClN4O3S/c22-16-4-2-1-3-14(16)9-26-10-15(8-23-26)20(27)25-21-24-17(11-30-21)13-5-6-18-19(7-13)29-12-28-18/h1-8,10-11H,9,12H2,(H,24,25,27). The average Bonchev–Trinajstić information content (AvgIpc) is 3.49. The van der Waals surface area contributed by atoms with Crippen molar-refractivity contribution >= 4 is 34.0 Å². The molecule has 2 aromatic heterocycles. The number of fused-ring (bicyclic) bond motifs is 1. The van der Waals surface area contributed by atoms with Gasteiger partial charge in [0.25, 0.3) is 5.91 Å². The second-order valence-corrected chi connectivity index (χ2v) is 7.84. The topological polar surface area (TPSA) is 78.3 Å². The van der Waals surface area contributed by atoms with Crippen molar-refractivity contribution in [3.63, 3.8) is 0 Å². The summed E-state index contributed by atoms with van der Waals surface area (Å²) in [6.07, 6.45) is 3.21. The highest BCUT2D eigenvalue weighted by Crippen LogP contribution is 2.36. The van der Waals surface area contributed by atoms with Gasteiger partial charge >= 0.3 is 0 Å². The van der Waals surface area contributed by atoms with Crippen LogP contribution in [-0.4, -0.2) is 27.5 Å². The molecule has 0 saturated heterocycles. The van der Waals surface area contributed by atoms with Crippen molar-refractivity contribution in [3.8, 4) is 22.8 Å². The Bertz CT molecular complexity index is 1240. The van der Waals surface area contributed by atoms with Crippen LogP contribution in [0, 0.1) is 0 Å². The zero-order valence-electron chi connectivity index (χ0n) is 15.5. The number of nitrogens with zero attached hydrogens (tertiary/aromatic N) is 3. The molecule has 1 aliphatic heterocycles. The number of anilines is 1. The molecule has 1 aliphatic rings. The summed E-state index contributed by atoms with van der Waals surface area (Å²) >= 11 is 7.54. The first-order valence-corrected chi connectivity index (χ1v) is 10.3. The van der Waals surface area contributed by atoms with E-state index in [2.05, 4.69) is 15.4 Å². The number of amides is 1. The summed E-state index contributed by atoms with van der Waals surface area (Å²) in [5.41, 5.74) is 3.02. The Morgan fingerprint density at radius 1 is 1.20 bits per heavy atom. The molecular weight excluding hydrogens is 424 g/mol. The second kappa shape index (κ2) is 7.81. The number of benzene rings is 2. The summed E-state index contributed by atoms with van der Waals surface area (Å²) < 4.78 is 12.4. The van der Waals surface area contributed by atoms with Crippen LogP contribution in [0.2, 0.25) is 5.02 Å². The molecular formula is C21H15ClN4O3S. The lowest BCUT2D eigenvalue weighted by Crippen LogP contribution is -2.11. The zero-order chi connectivity index (χ0) is 20.5. The number of ether oxygens (including phenoxy) is 2. The third-order valence-electron chi connectivity index (χ3n) is 4.58. The Morgan fingerprint density at radius 2 is 2.07 bits per heavy atom. The molecule has 0 atom stereocenters. The van der Waals surface area contributed by atoms with Gasteiger partial charge in [-0.3, -0.25) is 14.8 Å². The van der Waals surface area contributed by atoms with Gasteiger partial charge in [0, 0.05) is 22.2 Å². The number of carbonyl (C=O) groups is 1. The third kappa shape index (κ3) is 3.74. The van der Waals surface area contributed by atoms with Gasteiger partial charge in [-0.05, 0) is 29.8 Å². The van der Waals surface area contributed by atoms with Gasteiger partial charge in [-0.2, -0.15) is 5.10 Å². The Hall–Kier alpha value is -3.36. The van der Waals surface area contributed by atoms with Crippen LogP contribution in [0.3, 0.4) is 0 Å². The van der Waals surface area contributed by atoms with E-state index in [-0.39, 0.29) is 12.7 Å². The molecule has 0 spiro atoms. The first-order valence-electron chi connectivity index (χ1n) is 9.08. The molecule has 0 unspecified atom stereocenters. The molecule has 2 aromatic carbocycles. The van der Waals surface area contributed by atoms with Crippen molar-refractivity contribution < 1.29 is 14.3 Å². The third-order valence-corrected chi connectivity index (χ3v) is 5.71. The molecule has 1 amide bonds. The molecule has 4 aromatic rings. The molecule has 5 rings (SSSR count). The van der Waals surface area contributed by atoms with E-state index >= 15 is 0 Å². The molecule has 0 saturated carbocycles. The van der Waals surface area contributed by atoms with Gasteiger partial charge in [0.2, 0.25) is 6.79 Å². The van der Waals surface area contributed by atoms with E-state index in [0.29, 0.717) is 28.0 Å². The van der Waals surface area contributed by atoms with Crippen LogP contribution in [0.4, 0.5) is 5.13 Å². The van der Waals surface area contributed by atoms with Crippen LogP contribution in [0.5, 0.6) is 11.5 Å². The minimum absolute atomic E-state index is 0.224. The van der Waals surface area contributed by atoms with Crippen molar-refractivity contribution in [1.29, 1.82) is 0 Å². The summed E-state index contributed by atoms with van der Waals surface area (Å²) in [5, 5.41) is 10.1. The number of aromatic nitrogens is 3. The molecule has 0 bridgehead atoms. The highest BCUT2D eigenvalue weighted by molar-refractivity contribution is 7.14. The quantitative estimate of drug-likeness (QED) is 0.489. The highest BCUT2D eigenvalue weighted by atomic mass is 35.5. The normalized spacial score (nSPS) is 12.2. The minimum Gasteiger partial charge on any atom is -0.454 e. The Balaban J connectivity index is 1.27. The van der Waals surface area contributed by atoms with Crippen LogP contribution in [0.25, 0.3) is 11.3 Å². The first kappa shape index (κ1) is 18.7. The summed E-state index contributed by atoms with van der Waals surface area (Å²) in [5.74, 6) is 1.14. The second-order valence-electron chi connectivity index (χ2n) is 6.58. The number of hydrogen-bond acceptors (Lipinski definition) is 6. The van der Waals surface area contributed by atoms with Crippen molar-refractivity contribution in [2.45, 2.75) is 6.54 Å². The maximum absolute atomic E-state index is 12.6.